The summed E-state index contributed by atoms with van der Waals surface area (Å²) in [5, 5.41) is 2.94. The van der Waals surface area contributed by atoms with Gasteiger partial charge in [0.2, 0.25) is 5.90 Å². The Morgan fingerprint density at radius 1 is 1.16 bits per heavy atom. The summed E-state index contributed by atoms with van der Waals surface area (Å²) >= 11 is 0. The largest absolute Gasteiger partial charge is 0.452 e. The van der Waals surface area contributed by atoms with Gasteiger partial charge < -0.3 is 14.8 Å². The second kappa shape index (κ2) is 6.53. The molecule has 0 saturated carbocycles. The lowest BCUT2D eigenvalue weighted by atomic mass is 9.97. The highest BCUT2D eigenvalue weighted by atomic mass is 16.7. The van der Waals surface area contributed by atoms with Crippen molar-refractivity contribution in [2.75, 3.05) is 18.7 Å². The molecule has 1 N–H and O–H groups in total. The van der Waals surface area contributed by atoms with Crippen molar-refractivity contribution in [1.29, 1.82) is 0 Å². The van der Waals surface area contributed by atoms with Gasteiger partial charge in [0.05, 0.1) is 11.3 Å². The molecule has 0 spiro atoms. The number of ether oxygens (including phenoxy) is 2. The maximum Gasteiger partial charge on any atom is 0.258 e. The number of hydrogen-bond acceptors (Lipinski definition) is 4. The van der Waals surface area contributed by atoms with E-state index < -0.39 is 0 Å². The first-order chi connectivity index (χ1) is 12.2. The third-order valence-corrected chi connectivity index (χ3v) is 4.30. The van der Waals surface area contributed by atoms with E-state index in [1.807, 2.05) is 55.5 Å². The minimum atomic E-state index is -0.126. The van der Waals surface area contributed by atoms with Crippen molar-refractivity contribution in [2.45, 2.75) is 13.3 Å². The van der Waals surface area contributed by atoms with Crippen LogP contribution in [0.25, 0.3) is 5.57 Å². The van der Waals surface area contributed by atoms with Gasteiger partial charge in [-0.25, -0.2) is 4.99 Å². The number of nitrogens with zero attached hydrogens (tertiary/aromatic N) is 1. The zero-order valence-corrected chi connectivity index (χ0v) is 13.9. The molecular weight excluding hydrogens is 316 g/mol. The first-order valence-electron chi connectivity index (χ1n) is 8.19. The Labute approximate surface area is 146 Å². The van der Waals surface area contributed by atoms with Crippen LogP contribution in [0.15, 0.2) is 59.2 Å². The molecule has 2 heterocycles. The molecule has 0 aliphatic carbocycles. The van der Waals surface area contributed by atoms with Gasteiger partial charge in [0.1, 0.15) is 6.61 Å². The average molecular weight is 334 g/mol. The Hall–Kier alpha value is -2.92. The summed E-state index contributed by atoms with van der Waals surface area (Å²) in [4.78, 5) is 17.3. The fraction of sp³-hybridized carbons (Fsp3) is 0.200. The smallest absolute Gasteiger partial charge is 0.258 e. The minimum absolute atomic E-state index is 0.126. The number of anilines is 1. The zero-order valence-electron chi connectivity index (χ0n) is 13.9. The summed E-state index contributed by atoms with van der Waals surface area (Å²) in [6, 6.07) is 15.8. The summed E-state index contributed by atoms with van der Waals surface area (Å²) in [5.74, 6) is 0.381. The number of benzene rings is 2. The Morgan fingerprint density at radius 2 is 2.00 bits per heavy atom. The van der Waals surface area contributed by atoms with Crippen LogP contribution >= 0.6 is 0 Å². The molecule has 0 aromatic heterocycles. The molecule has 25 heavy (non-hydrogen) atoms. The van der Waals surface area contributed by atoms with Gasteiger partial charge in [-0.05, 0) is 24.1 Å². The van der Waals surface area contributed by atoms with Crippen LogP contribution in [0, 0.1) is 6.92 Å². The first-order valence-corrected chi connectivity index (χ1v) is 8.19. The number of aryl methyl sites for hydroxylation is 1. The summed E-state index contributed by atoms with van der Waals surface area (Å²) in [6.07, 6.45) is 0.546. The van der Waals surface area contributed by atoms with Gasteiger partial charge in [-0.15, -0.1) is 0 Å². The standard InChI is InChI=1S/C20H18N2O3/c1-13-6-5-9-15-18(13)19(20(23)22-15)16(21-17-11-24-12-25-17)10-14-7-3-2-4-8-14/h2-9H,10-12H2,1H3,(H,22,23). The predicted octanol–water partition coefficient (Wildman–Crippen LogP) is 3.30. The summed E-state index contributed by atoms with van der Waals surface area (Å²) < 4.78 is 10.6. The quantitative estimate of drug-likeness (QED) is 0.876. The molecule has 1 amide bonds. The molecular formula is C20H18N2O3. The molecule has 2 aromatic rings. The molecule has 2 aromatic carbocycles. The van der Waals surface area contributed by atoms with Crippen molar-refractivity contribution in [3.05, 3.63) is 70.9 Å². The number of carbonyl (C=O) groups is 1. The number of rotatable bonds is 3. The number of nitrogens with one attached hydrogen (secondary N) is 1. The third-order valence-electron chi connectivity index (χ3n) is 4.30. The third kappa shape index (κ3) is 3.06. The Kier molecular flexibility index (Phi) is 4.07. The molecule has 5 nitrogen and oxygen atoms in total. The van der Waals surface area contributed by atoms with Crippen molar-refractivity contribution in [3.8, 4) is 0 Å². The first kappa shape index (κ1) is 15.6. The van der Waals surface area contributed by atoms with E-state index >= 15 is 0 Å². The second-order valence-electron chi connectivity index (χ2n) is 6.05. The van der Waals surface area contributed by atoms with Crippen molar-refractivity contribution in [2.24, 2.45) is 4.99 Å². The van der Waals surface area contributed by atoms with Crippen molar-refractivity contribution in [3.63, 3.8) is 0 Å². The predicted molar refractivity (Wildman–Crippen MR) is 96.2 cm³/mol. The van der Waals surface area contributed by atoms with E-state index in [1.54, 1.807) is 0 Å². The van der Waals surface area contributed by atoms with E-state index in [9.17, 15) is 4.79 Å². The second-order valence-corrected chi connectivity index (χ2v) is 6.05. The SMILES string of the molecule is Cc1cccc2c1C(=C(Cc1ccccc1)N=C1COCO1)C(=O)N2. The molecule has 2 aliphatic heterocycles. The Balaban J connectivity index is 1.86. The van der Waals surface area contributed by atoms with E-state index in [0.717, 1.165) is 22.4 Å². The fourth-order valence-electron chi connectivity index (χ4n) is 3.15. The molecule has 4 rings (SSSR count). The number of allylic oxidation sites excluding steroid dienone is 1. The molecule has 126 valence electrons. The minimum Gasteiger partial charge on any atom is -0.452 e. The lowest BCUT2D eigenvalue weighted by molar-refractivity contribution is -0.110. The highest BCUT2D eigenvalue weighted by molar-refractivity contribution is 6.32. The molecule has 0 unspecified atom stereocenters. The van der Waals surface area contributed by atoms with Gasteiger partial charge in [0.25, 0.3) is 5.91 Å². The normalized spacial score (nSPS) is 19.6. The van der Waals surface area contributed by atoms with E-state index in [4.69, 9.17) is 9.47 Å². The molecule has 1 saturated heterocycles. The van der Waals surface area contributed by atoms with Crippen molar-refractivity contribution >= 4 is 23.1 Å². The van der Waals surface area contributed by atoms with Gasteiger partial charge in [-0.2, -0.15) is 0 Å². The van der Waals surface area contributed by atoms with Crippen LogP contribution in [0.3, 0.4) is 0 Å². The Morgan fingerprint density at radius 3 is 2.76 bits per heavy atom. The summed E-state index contributed by atoms with van der Waals surface area (Å²) in [6.45, 7) is 2.53. The van der Waals surface area contributed by atoms with Gasteiger partial charge >= 0.3 is 0 Å². The molecule has 0 radical (unpaired) electrons. The monoisotopic (exact) mass is 334 g/mol. The maximum atomic E-state index is 12.7. The van der Waals surface area contributed by atoms with Crippen LogP contribution in [-0.2, 0) is 20.7 Å². The van der Waals surface area contributed by atoms with E-state index in [2.05, 4.69) is 10.3 Å². The molecule has 1 fully saturated rings. The van der Waals surface area contributed by atoms with E-state index in [0.29, 0.717) is 30.2 Å². The number of amides is 1. The lowest BCUT2D eigenvalue weighted by Gasteiger charge is -2.09. The van der Waals surface area contributed by atoms with Crippen molar-refractivity contribution < 1.29 is 14.3 Å². The van der Waals surface area contributed by atoms with Gasteiger partial charge in [-0.3, -0.25) is 4.79 Å². The van der Waals surface area contributed by atoms with Crippen LogP contribution in [0.1, 0.15) is 16.7 Å². The molecule has 2 aliphatic rings. The van der Waals surface area contributed by atoms with E-state index in [1.165, 1.54) is 0 Å². The van der Waals surface area contributed by atoms with Crippen molar-refractivity contribution in [1.82, 2.24) is 0 Å². The number of carbonyl (C=O) groups excluding carboxylic acids is 1. The summed E-state index contributed by atoms with van der Waals surface area (Å²) in [7, 11) is 0. The number of hydrogen-bond donors (Lipinski definition) is 1. The highest BCUT2D eigenvalue weighted by Crippen LogP contribution is 2.37. The van der Waals surface area contributed by atoms with Crippen LogP contribution < -0.4 is 5.32 Å². The Bertz CT molecular complexity index is 877. The van der Waals surface area contributed by atoms with Gasteiger partial charge in [0, 0.05) is 17.7 Å². The summed E-state index contributed by atoms with van der Waals surface area (Å²) in [5.41, 5.74) is 5.18. The fourth-order valence-corrected chi connectivity index (χ4v) is 3.15. The van der Waals surface area contributed by atoms with Gasteiger partial charge in [0.15, 0.2) is 6.79 Å². The van der Waals surface area contributed by atoms with Crippen LogP contribution in [0.4, 0.5) is 5.69 Å². The maximum absolute atomic E-state index is 12.7. The zero-order chi connectivity index (χ0) is 17.2. The molecule has 5 heteroatoms. The van der Waals surface area contributed by atoms with Crippen LogP contribution in [0.5, 0.6) is 0 Å². The highest BCUT2D eigenvalue weighted by Gasteiger charge is 2.29. The van der Waals surface area contributed by atoms with E-state index in [-0.39, 0.29) is 12.7 Å². The molecule has 0 atom stereocenters. The number of aliphatic imine (C=N–C) groups is 1. The van der Waals surface area contributed by atoms with Crippen LogP contribution in [-0.4, -0.2) is 25.2 Å². The average Bonchev–Trinajstić information content (AvgIpc) is 3.23. The lowest BCUT2D eigenvalue weighted by Crippen LogP contribution is -2.09. The van der Waals surface area contributed by atoms with Gasteiger partial charge in [-0.1, -0.05) is 42.5 Å². The topological polar surface area (TPSA) is 59.9 Å². The number of fused-ring (bicyclic) bond motifs is 1. The van der Waals surface area contributed by atoms with Crippen LogP contribution in [0.2, 0.25) is 0 Å². The molecule has 0 bridgehead atoms.